The molecule has 1 rings (SSSR count). The van der Waals surface area contributed by atoms with Gasteiger partial charge in [0.15, 0.2) is 0 Å². The van der Waals surface area contributed by atoms with Crippen molar-refractivity contribution in [2.24, 2.45) is 5.92 Å². The van der Waals surface area contributed by atoms with E-state index in [1.165, 1.54) is 24.1 Å². The first kappa shape index (κ1) is 13.2. The van der Waals surface area contributed by atoms with E-state index in [2.05, 4.69) is 26.1 Å². The molecule has 0 aliphatic rings. The summed E-state index contributed by atoms with van der Waals surface area (Å²) in [5, 5.41) is 3.50. The van der Waals surface area contributed by atoms with E-state index >= 15 is 0 Å². The predicted octanol–water partition coefficient (Wildman–Crippen LogP) is 3.39. The van der Waals surface area contributed by atoms with E-state index in [9.17, 15) is 4.39 Å². The van der Waals surface area contributed by atoms with Crippen LogP contribution >= 0.6 is 0 Å². The molecule has 16 heavy (non-hydrogen) atoms. The van der Waals surface area contributed by atoms with Gasteiger partial charge in [-0.2, -0.15) is 0 Å². The molecule has 0 aliphatic carbocycles. The molecule has 0 aromatic heterocycles. The van der Waals surface area contributed by atoms with Gasteiger partial charge in [-0.15, -0.1) is 0 Å². The largest absolute Gasteiger partial charge is 0.314 e. The Bertz CT molecular complexity index is 294. The van der Waals surface area contributed by atoms with E-state index < -0.39 is 0 Å². The van der Waals surface area contributed by atoms with Gasteiger partial charge in [0.1, 0.15) is 5.82 Å². The lowest BCUT2D eigenvalue weighted by atomic mass is 10.0. The highest BCUT2D eigenvalue weighted by molar-refractivity contribution is 5.16. The molecule has 0 fully saturated rings. The quantitative estimate of drug-likeness (QED) is 0.779. The van der Waals surface area contributed by atoms with Crippen LogP contribution in [0.3, 0.4) is 0 Å². The van der Waals surface area contributed by atoms with Crippen LogP contribution in [0, 0.1) is 11.7 Å². The van der Waals surface area contributed by atoms with Gasteiger partial charge in [-0.05, 0) is 43.5 Å². The zero-order valence-electron chi connectivity index (χ0n) is 10.5. The molecule has 0 heterocycles. The number of halogens is 1. The summed E-state index contributed by atoms with van der Waals surface area (Å²) in [6.07, 6.45) is 2.16. The molecular formula is C14H22FN. The molecule has 1 aromatic rings. The summed E-state index contributed by atoms with van der Waals surface area (Å²) in [5.41, 5.74) is 1.19. The third-order valence-corrected chi connectivity index (χ3v) is 3.29. The van der Waals surface area contributed by atoms with E-state index in [1.54, 1.807) is 0 Å². The third-order valence-electron chi connectivity index (χ3n) is 3.29. The second-order valence-electron chi connectivity index (χ2n) is 4.50. The van der Waals surface area contributed by atoms with Crippen LogP contribution in [0.4, 0.5) is 4.39 Å². The van der Waals surface area contributed by atoms with Crippen molar-refractivity contribution in [2.45, 2.75) is 39.7 Å². The smallest absolute Gasteiger partial charge is 0.123 e. The summed E-state index contributed by atoms with van der Waals surface area (Å²) in [6, 6.07) is 7.29. The van der Waals surface area contributed by atoms with Crippen molar-refractivity contribution in [1.82, 2.24) is 5.32 Å². The maximum absolute atomic E-state index is 12.7. The average Bonchev–Trinajstić information content (AvgIpc) is 2.30. The molecule has 0 saturated carbocycles. The Morgan fingerprint density at radius 3 is 2.38 bits per heavy atom. The van der Waals surface area contributed by atoms with E-state index in [0.717, 1.165) is 13.0 Å². The fourth-order valence-corrected chi connectivity index (χ4v) is 1.65. The lowest BCUT2D eigenvalue weighted by Crippen LogP contribution is -2.33. The van der Waals surface area contributed by atoms with Crippen molar-refractivity contribution in [3.05, 3.63) is 35.6 Å². The minimum absolute atomic E-state index is 0.162. The maximum Gasteiger partial charge on any atom is 0.123 e. The van der Waals surface area contributed by atoms with Crippen LogP contribution < -0.4 is 5.32 Å². The minimum Gasteiger partial charge on any atom is -0.314 e. The molecule has 0 radical (unpaired) electrons. The maximum atomic E-state index is 12.7. The van der Waals surface area contributed by atoms with Crippen molar-refractivity contribution in [2.75, 3.05) is 6.54 Å². The highest BCUT2D eigenvalue weighted by Gasteiger charge is 2.08. The van der Waals surface area contributed by atoms with Gasteiger partial charge in [-0.25, -0.2) is 4.39 Å². The Hall–Kier alpha value is -0.890. The van der Waals surface area contributed by atoms with Gasteiger partial charge in [0.2, 0.25) is 0 Å². The van der Waals surface area contributed by atoms with E-state index in [-0.39, 0.29) is 5.82 Å². The monoisotopic (exact) mass is 223 g/mol. The number of hydrogen-bond acceptors (Lipinski definition) is 1. The summed E-state index contributed by atoms with van der Waals surface area (Å²) in [7, 11) is 0. The molecule has 1 N–H and O–H groups in total. The molecule has 0 saturated heterocycles. The molecule has 90 valence electrons. The SMILES string of the molecule is CC[C@@H](C)C(C)NCCc1ccc(F)cc1. The van der Waals surface area contributed by atoms with Crippen LogP contribution in [0.5, 0.6) is 0 Å². The Morgan fingerprint density at radius 1 is 1.19 bits per heavy atom. The van der Waals surface area contributed by atoms with Gasteiger partial charge in [0, 0.05) is 6.04 Å². The highest BCUT2D eigenvalue weighted by Crippen LogP contribution is 2.07. The minimum atomic E-state index is -0.162. The predicted molar refractivity (Wildman–Crippen MR) is 67.0 cm³/mol. The first-order chi connectivity index (χ1) is 7.63. The van der Waals surface area contributed by atoms with Crippen molar-refractivity contribution in [3.63, 3.8) is 0 Å². The number of benzene rings is 1. The molecule has 2 atom stereocenters. The first-order valence-electron chi connectivity index (χ1n) is 6.11. The second-order valence-corrected chi connectivity index (χ2v) is 4.50. The van der Waals surface area contributed by atoms with Crippen LogP contribution in [0.15, 0.2) is 24.3 Å². The molecule has 1 nitrogen and oxygen atoms in total. The van der Waals surface area contributed by atoms with Gasteiger partial charge < -0.3 is 5.32 Å². The summed E-state index contributed by atoms with van der Waals surface area (Å²) < 4.78 is 12.7. The fourth-order valence-electron chi connectivity index (χ4n) is 1.65. The van der Waals surface area contributed by atoms with Crippen LogP contribution in [0.1, 0.15) is 32.8 Å². The van der Waals surface area contributed by atoms with Gasteiger partial charge in [0.05, 0.1) is 0 Å². The molecular weight excluding hydrogens is 201 g/mol. The molecule has 1 unspecified atom stereocenters. The second kappa shape index (κ2) is 6.64. The van der Waals surface area contributed by atoms with Crippen LogP contribution in [-0.4, -0.2) is 12.6 Å². The van der Waals surface area contributed by atoms with Crippen molar-refractivity contribution in [1.29, 1.82) is 0 Å². The molecule has 0 spiro atoms. The van der Waals surface area contributed by atoms with Crippen LogP contribution in [0.25, 0.3) is 0 Å². The van der Waals surface area contributed by atoms with E-state index in [1.807, 2.05) is 12.1 Å². The van der Waals surface area contributed by atoms with E-state index in [0.29, 0.717) is 12.0 Å². The summed E-state index contributed by atoms with van der Waals surface area (Å²) in [6.45, 7) is 7.65. The molecule has 1 aromatic carbocycles. The number of rotatable bonds is 6. The standard InChI is InChI=1S/C14H22FN/c1-4-11(2)12(3)16-10-9-13-5-7-14(15)8-6-13/h5-8,11-12,16H,4,9-10H2,1-3H3/t11-,12?/m1/s1. The zero-order valence-corrected chi connectivity index (χ0v) is 10.5. The lowest BCUT2D eigenvalue weighted by Gasteiger charge is -2.19. The highest BCUT2D eigenvalue weighted by atomic mass is 19.1. The summed E-state index contributed by atoms with van der Waals surface area (Å²) in [5.74, 6) is 0.540. The van der Waals surface area contributed by atoms with Gasteiger partial charge in [-0.1, -0.05) is 32.4 Å². The number of hydrogen-bond donors (Lipinski definition) is 1. The van der Waals surface area contributed by atoms with Crippen LogP contribution in [-0.2, 0) is 6.42 Å². The topological polar surface area (TPSA) is 12.0 Å². The number of nitrogens with one attached hydrogen (secondary N) is 1. The molecule has 2 heteroatoms. The Morgan fingerprint density at radius 2 is 1.81 bits per heavy atom. The Kier molecular flexibility index (Phi) is 5.47. The van der Waals surface area contributed by atoms with Crippen molar-refractivity contribution in [3.8, 4) is 0 Å². The molecule has 0 bridgehead atoms. The molecule has 0 amide bonds. The summed E-state index contributed by atoms with van der Waals surface area (Å²) in [4.78, 5) is 0. The zero-order chi connectivity index (χ0) is 12.0. The van der Waals surface area contributed by atoms with Crippen molar-refractivity contribution < 1.29 is 4.39 Å². The lowest BCUT2D eigenvalue weighted by molar-refractivity contribution is 0.393. The van der Waals surface area contributed by atoms with Crippen molar-refractivity contribution >= 4 is 0 Å². The average molecular weight is 223 g/mol. The van der Waals surface area contributed by atoms with Gasteiger partial charge in [-0.3, -0.25) is 0 Å². The van der Waals surface area contributed by atoms with E-state index in [4.69, 9.17) is 0 Å². The van der Waals surface area contributed by atoms with Gasteiger partial charge >= 0.3 is 0 Å². The van der Waals surface area contributed by atoms with Crippen LogP contribution in [0.2, 0.25) is 0 Å². The summed E-state index contributed by atoms with van der Waals surface area (Å²) >= 11 is 0. The third kappa shape index (κ3) is 4.31. The Labute approximate surface area is 98.1 Å². The van der Waals surface area contributed by atoms with Gasteiger partial charge in [0.25, 0.3) is 0 Å². The molecule has 0 aliphatic heterocycles. The fraction of sp³-hybridized carbons (Fsp3) is 0.571. The first-order valence-corrected chi connectivity index (χ1v) is 6.11. The normalized spacial score (nSPS) is 14.8. The Balaban J connectivity index is 2.27.